The molecular formula is C13H12ClFN2O. The summed E-state index contributed by atoms with van der Waals surface area (Å²) in [6, 6.07) is 7.54. The topological polar surface area (TPSA) is 34.1 Å². The van der Waals surface area contributed by atoms with Crippen molar-refractivity contribution in [2.75, 3.05) is 7.05 Å². The van der Waals surface area contributed by atoms with Gasteiger partial charge in [0.05, 0.1) is 10.7 Å². The van der Waals surface area contributed by atoms with Crippen LogP contribution in [-0.2, 0) is 6.54 Å². The molecule has 0 atom stereocenters. The first-order valence-corrected chi connectivity index (χ1v) is 5.79. The van der Waals surface area contributed by atoms with Gasteiger partial charge >= 0.3 is 0 Å². The fourth-order valence-electron chi connectivity index (χ4n) is 1.48. The number of ether oxygens (including phenoxy) is 1. The van der Waals surface area contributed by atoms with Gasteiger partial charge in [-0.3, -0.25) is 4.98 Å². The zero-order valence-corrected chi connectivity index (χ0v) is 10.5. The summed E-state index contributed by atoms with van der Waals surface area (Å²) in [5, 5.41) is 3.24. The highest BCUT2D eigenvalue weighted by atomic mass is 35.5. The lowest BCUT2D eigenvalue weighted by Crippen LogP contribution is -2.06. The number of benzene rings is 1. The Morgan fingerprint density at radius 2 is 2.17 bits per heavy atom. The number of hydrogen-bond acceptors (Lipinski definition) is 3. The molecule has 1 N–H and O–H groups in total. The van der Waals surface area contributed by atoms with Crippen LogP contribution in [0.3, 0.4) is 0 Å². The molecule has 1 aromatic carbocycles. The normalized spacial score (nSPS) is 10.4. The van der Waals surface area contributed by atoms with Gasteiger partial charge in [-0.05, 0) is 31.3 Å². The monoisotopic (exact) mass is 266 g/mol. The Bertz CT molecular complexity index is 548. The fraction of sp³-hybridized carbons (Fsp3) is 0.154. The van der Waals surface area contributed by atoms with Crippen molar-refractivity contribution in [1.29, 1.82) is 0 Å². The molecule has 2 aromatic rings. The molecule has 0 aliphatic rings. The maximum Gasteiger partial charge on any atom is 0.146 e. The molecule has 1 heterocycles. The molecule has 0 aliphatic carbocycles. The van der Waals surface area contributed by atoms with Crippen LogP contribution in [0.25, 0.3) is 0 Å². The Labute approximate surface area is 110 Å². The molecule has 1 aromatic heterocycles. The van der Waals surface area contributed by atoms with Crippen LogP contribution in [0.2, 0.25) is 5.02 Å². The highest BCUT2D eigenvalue weighted by molar-refractivity contribution is 6.32. The van der Waals surface area contributed by atoms with Crippen molar-refractivity contribution in [3.8, 4) is 11.5 Å². The van der Waals surface area contributed by atoms with Gasteiger partial charge in [0.15, 0.2) is 0 Å². The van der Waals surface area contributed by atoms with Crippen LogP contribution >= 0.6 is 11.6 Å². The Morgan fingerprint density at radius 1 is 1.33 bits per heavy atom. The summed E-state index contributed by atoms with van der Waals surface area (Å²) in [6.45, 7) is 0.647. The molecule has 0 bridgehead atoms. The standard InChI is InChI=1S/C13H12ClFN2O/c1-16-8-10-7-11(4-5-17-10)18-13-3-2-9(15)6-12(13)14/h2-7,16H,8H2,1H3. The van der Waals surface area contributed by atoms with E-state index in [1.54, 1.807) is 18.3 Å². The zero-order valence-electron chi connectivity index (χ0n) is 9.78. The second kappa shape index (κ2) is 5.80. The SMILES string of the molecule is CNCc1cc(Oc2ccc(F)cc2Cl)ccn1. The largest absolute Gasteiger partial charge is 0.456 e. The third-order valence-electron chi connectivity index (χ3n) is 2.27. The first-order chi connectivity index (χ1) is 8.69. The second-order valence-corrected chi connectivity index (χ2v) is 4.10. The van der Waals surface area contributed by atoms with E-state index in [0.29, 0.717) is 18.0 Å². The van der Waals surface area contributed by atoms with Crippen molar-refractivity contribution in [3.05, 3.63) is 53.1 Å². The van der Waals surface area contributed by atoms with E-state index in [1.165, 1.54) is 18.2 Å². The van der Waals surface area contributed by atoms with E-state index in [0.717, 1.165) is 5.69 Å². The van der Waals surface area contributed by atoms with Crippen LogP contribution in [0, 0.1) is 5.82 Å². The Balaban J connectivity index is 2.20. The number of nitrogens with zero attached hydrogens (tertiary/aromatic N) is 1. The molecule has 94 valence electrons. The van der Waals surface area contributed by atoms with Crippen LogP contribution in [0.5, 0.6) is 11.5 Å². The lowest BCUT2D eigenvalue weighted by atomic mass is 10.3. The molecule has 5 heteroatoms. The van der Waals surface area contributed by atoms with Gasteiger partial charge in [-0.2, -0.15) is 0 Å². The van der Waals surface area contributed by atoms with E-state index in [4.69, 9.17) is 16.3 Å². The first-order valence-electron chi connectivity index (χ1n) is 5.41. The van der Waals surface area contributed by atoms with Crippen molar-refractivity contribution < 1.29 is 9.13 Å². The summed E-state index contributed by atoms with van der Waals surface area (Å²) in [5.74, 6) is 0.640. The zero-order chi connectivity index (χ0) is 13.0. The van der Waals surface area contributed by atoms with E-state index in [2.05, 4.69) is 10.3 Å². The molecule has 2 rings (SSSR count). The van der Waals surface area contributed by atoms with Crippen molar-refractivity contribution in [3.63, 3.8) is 0 Å². The van der Waals surface area contributed by atoms with Crippen molar-refractivity contribution in [2.45, 2.75) is 6.54 Å². The number of halogens is 2. The molecule has 18 heavy (non-hydrogen) atoms. The summed E-state index contributed by atoms with van der Waals surface area (Å²) in [6.07, 6.45) is 1.65. The predicted octanol–water partition coefficient (Wildman–Crippen LogP) is 3.39. The summed E-state index contributed by atoms with van der Waals surface area (Å²) < 4.78 is 18.5. The average molecular weight is 267 g/mol. The lowest BCUT2D eigenvalue weighted by molar-refractivity contribution is 0.479. The summed E-state index contributed by atoms with van der Waals surface area (Å²) in [4.78, 5) is 4.17. The van der Waals surface area contributed by atoms with Gasteiger partial charge in [-0.25, -0.2) is 4.39 Å². The number of aromatic nitrogens is 1. The molecular weight excluding hydrogens is 255 g/mol. The smallest absolute Gasteiger partial charge is 0.146 e. The minimum absolute atomic E-state index is 0.238. The molecule has 0 saturated heterocycles. The number of hydrogen-bond donors (Lipinski definition) is 1. The average Bonchev–Trinajstić information content (AvgIpc) is 2.34. The summed E-state index contributed by atoms with van der Waals surface area (Å²) in [7, 11) is 1.84. The number of pyridine rings is 1. The highest BCUT2D eigenvalue weighted by Crippen LogP contribution is 2.29. The predicted molar refractivity (Wildman–Crippen MR) is 68.5 cm³/mol. The van der Waals surface area contributed by atoms with Crippen LogP contribution < -0.4 is 10.1 Å². The number of nitrogens with one attached hydrogen (secondary N) is 1. The Morgan fingerprint density at radius 3 is 2.89 bits per heavy atom. The van der Waals surface area contributed by atoms with E-state index in [1.807, 2.05) is 7.05 Å². The minimum Gasteiger partial charge on any atom is -0.456 e. The summed E-state index contributed by atoms with van der Waals surface area (Å²) >= 11 is 5.89. The highest BCUT2D eigenvalue weighted by Gasteiger charge is 2.05. The van der Waals surface area contributed by atoms with Gasteiger partial charge in [0, 0.05) is 18.8 Å². The minimum atomic E-state index is -0.391. The Kier molecular flexibility index (Phi) is 4.12. The second-order valence-electron chi connectivity index (χ2n) is 3.69. The molecule has 0 radical (unpaired) electrons. The van der Waals surface area contributed by atoms with Crippen LogP contribution in [0.1, 0.15) is 5.69 Å². The quantitative estimate of drug-likeness (QED) is 0.921. The van der Waals surface area contributed by atoms with Gasteiger partial charge in [0.1, 0.15) is 17.3 Å². The van der Waals surface area contributed by atoms with Gasteiger partial charge in [0.2, 0.25) is 0 Å². The van der Waals surface area contributed by atoms with Crippen LogP contribution in [0.4, 0.5) is 4.39 Å². The number of rotatable bonds is 4. The molecule has 0 spiro atoms. The molecule has 0 amide bonds. The van der Waals surface area contributed by atoms with Crippen LogP contribution in [0.15, 0.2) is 36.5 Å². The Hall–Kier alpha value is -1.65. The van der Waals surface area contributed by atoms with Crippen LogP contribution in [-0.4, -0.2) is 12.0 Å². The summed E-state index contributed by atoms with van der Waals surface area (Å²) in [5.41, 5.74) is 0.855. The van der Waals surface area contributed by atoms with E-state index < -0.39 is 5.82 Å². The van der Waals surface area contributed by atoms with Gasteiger partial charge in [0.25, 0.3) is 0 Å². The van der Waals surface area contributed by atoms with E-state index in [9.17, 15) is 4.39 Å². The van der Waals surface area contributed by atoms with Crippen molar-refractivity contribution in [1.82, 2.24) is 10.3 Å². The maximum atomic E-state index is 12.9. The van der Waals surface area contributed by atoms with Crippen molar-refractivity contribution in [2.24, 2.45) is 0 Å². The molecule has 0 saturated carbocycles. The first kappa shape index (κ1) is 12.8. The molecule has 0 fully saturated rings. The maximum absolute atomic E-state index is 12.9. The molecule has 0 unspecified atom stereocenters. The van der Waals surface area contributed by atoms with E-state index >= 15 is 0 Å². The third kappa shape index (κ3) is 3.18. The third-order valence-corrected chi connectivity index (χ3v) is 2.56. The van der Waals surface area contributed by atoms with E-state index in [-0.39, 0.29) is 5.02 Å². The van der Waals surface area contributed by atoms with Gasteiger partial charge in [-0.1, -0.05) is 11.6 Å². The van der Waals surface area contributed by atoms with Gasteiger partial charge in [-0.15, -0.1) is 0 Å². The van der Waals surface area contributed by atoms with Gasteiger partial charge < -0.3 is 10.1 Å². The molecule has 0 aliphatic heterocycles. The fourth-order valence-corrected chi connectivity index (χ4v) is 1.69. The lowest BCUT2D eigenvalue weighted by Gasteiger charge is -2.08. The molecule has 3 nitrogen and oxygen atoms in total. The van der Waals surface area contributed by atoms with Crippen molar-refractivity contribution >= 4 is 11.6 Å².